The summed E-state index contributed by atoms with van der Waals surface area (Å²) in [7, 11) is -2.10. The molecule has 0 aromatic heterocycles. The minimum atomic E-state index is -2.10. The van der Waals surface area contributed by atoms with Gasteiger partial charge in [-0.05, 0) is 95.1 Å². The lowest BCUT2D eigenvalue weighted by Crippen LogP contribution is -2.47. The summed E-state index contributed by atoms with van der Waals surface area (Å²) in [4.78, 5) is 27.2. The van der Waals surface area contributed by atoms with Gasteiger partial charge in [0.25, 0.3) is 0 Å². The van der Waals surface area contributed by atoms with Gasteiger partial charge >= 0.3 is 12.1 Å². The van der Waals surface area contributed by atoms with Crippen LogP contribution in [0.5, 0.6) is 0 Å². The molecule has 0 bridgehead atoms. The van der Waals surface area contributed by atoms with Crippen LogP contribution in [-0.4, -0.2) is 51.7 Å². The van der Waals surface area contributed by atoms with Gasteiger partial charge in [0, 0.05) is 29.8 Å². The summed E-state index contributed by atoms with van der Waals surface area (Å²) >= 11 is 6.35. The normalized spacial score (nSPS) is 14.6. The van der Waals surface area contributed by atoms with Crippen molar-refractivity contribution in [2.24, 2.45) is 0 Å². The molecule has 0 aliphatic rings. The Hall–Kier alpha value is -2.39. The molecule has 234 valence electrons. The molecule has 0 heterocycles. The lowest BCUT2D eigenvalue weighted by molar-refractivity contribution is -0.144. The van der Waals surface area contributed by atoms with E-state index in [0.29, 0.717) is 30.4 Å². The fraction of sp³-hybridized carbons (Fsp3) is 0.576. The second-order valence-corrected chi connectivity index (χ2v) is 18.6. The van der Waals surface area contributed by atoms with Crippen molar-refractivity contribution >= 4 is 37.7 Å². The molecule has 1 N–H and O–H groups in total. The van der Waals surface area contributed by atoms with Crippen molar-refractivity contribution in [3.8, 4) is 0 Å². The summed E-state index contributed by atoms with van der Waals surface area (Å²) in [5.74, 6) is -0.680. The van der Waals surface area contributed by atoms with Crippen molar-refractivity contribution in [1.82, 2.24) is 5.32 Å². The molecule has 0 spiro atoms. The average molecular weight is 619 g/mol. The van der Waals surface area contributed by atoms with E-state index in [9.17, 15) is 9.59 Å². The van der Waals surface area contributed by atoms with Crippen LogP contribution in [0.15, 0.2) is 48.5 Å². The van der Waals surface area contributed by atoms with E-state index in [0.717, 1.165) is 11.1 Å². The first-order chi connectivity index (χ1) is 19.3. The predicted octanol–water partition coefficient (Wildman–Crippen LogP) is 8.49. The lowest BCUT2D eigenvalue weighted by Gasteiger charge is -2.40. The first kappa shape index (κ1) is 35.8. The van der Waals surface area contributed by atoms with Crippen molar-refractivity contribution < 1.29 is 23.5 Å². The summed E-state index contributed by atoms with van der Waals surface area (Å²) in [6, 6.07) is 15.1. The van der Waals surface area contributed by atoms with Crippen LogP contribution in [0.1, 0.15) is 85.5 Å². The lowest BCUT2D eigenvalue weighted by atomic mass is 10.0. The maximum absolute atomic E-state index is 13.4. The summed E-state index contributed by atoms with van der Waals surface area (Å²) in [6.45, 7) is 23.6. The minimum absolute atomic E-state index is 0.0416. The molecule has 0 aliphatic heterocycles. The Morgan fingerprint density at radius 3 is 2.12 bits per heavy atom. The quantitative estimate of drug-likeness (QED) is 0.190. The van der Waals surface area contributed by atoms with Crippen LogP contribution >= 0.6 is 11.6 Å². The smallest absolute Gasteiger partial charge is 0.414 e. The van der Waals surface area contributed by atoms with Gasteiger partial charge in [0.05, 0.1) is 18.6 Å². The standard InChI is InChI=1S/C33H51ClN2O5Si/c1-12-39-30(37)24(3)25-16-18-28(19-17-25)36(31(38)40-32(4,5)6)22-23(2)35-21-29(26-14-13-15-27(34)20-26)41-42(10,11)33(7,8)9/h13-20,23-24,29,35H,12,21-22H2,1-11H3/t23-,24?,29+/m1/s1. The zero-order valence-electron chi connectivity index (χ0n) is 27.3. The first-order valence-corrected chi connectivity index (χ1v) is 18.1. The van der Waals surface area contributed by atoms with Gasteiger partial charge in [-0.2, -0.15) is 0 Å². The maximum atomic E-state index is 13.4. The predicted molar refractivity (Wildman–Crippen MR) is 175 cm³/mol. The third kappa shape index (κ3) is 10.7. The number of carbonyl (C=O) groups is 2. The van der Waals surface area contributed by atoms with Gasteiger partial charge in [0.1, 0.15) is 5.60 Å². The Labute approximate surface area is 259 Å². The van der Waals surface area contributed by atoms with Gasteiger partial charge in [0.15, 0.2) is 8.32 Å². The highest BCUT2D eigenvalue weighted by atomic mass is 35.5. The van der Waals surface area contributed by atoms with E-state index in [2.05, 4.69) is 39.2 Å². The topological polar surface area (TPSA) is 77.1 Å². The second-order valence-electron chi connectivity index (χ2n) is 13.4. The molecule has 0 saturated heterocycles. The van der Waals surface area contributed by atoms with Gasteiger partial charge in [-0.1, -0.05) is 56.6 Å². The van der Waals surface area contributed by atoms with Crippen molar-refractivity contribution in [3.63, 3.8) is 0 Å². The zero-order valence-corrected chi connectivity index (χ0v) is 29.1. The highest BCUT2D eigenvalue weighted by Gasteiger charge is 2.39. The molecule has 0 saturated carbocycles. The van der Waals surface area contributed by atoms with Gasteiger partial charge < -0.3 is 19.2 Å². The Morgan fingerprint density at radius 1 is 0.976 bits per heavy atom. The van der Waals surface area contributed by atoms with E-state index >= 15 is 0 Å². The van der Waals surface area contributed by atoms with E-state index < -0.39 is 25.9 Å². The molecule has 0 fully saturated rings. The summed E-state index contributed by atoms with van der Waals surface area (Å²) < 4.78 is 17.8. The number of carbonyl (C=O) groups excluding carboxylic acids is 2. The number of nitrogens with one attached hydrogen (secondary N) is 1. The highest BCUT2D eigenvalue weighted by Crippen LogP contribution is 2.40. The Balaban J connectivity index is 2.28. The molecule has 3 atom stereocenters. The summed E-state index contributed by atoms with van der Waals surface area (Å²) in [6.07, 6.45) is -0.642. The number of benzene rings is 2. The van der Waals surface area contributed by atoms with E-state index in [1.165, 1.54) is 0 Å². The SMILES string of the molecule is CCOC(=O)C(C)c1ccc(N(C[C@@H](C)NC[C@H](O[Si](C)(C)C(C)(C)C)c2cccc(Cl)c2)C(=O)OC(C)(C)C)cc1. The number of anilines is 1. The van der Waals surface area contributed by atoms with Crippen LogP contribution in [0.3, 0.4) is 0 Å². The van der Waals surface area contributed by atoms with Gasteiger partial charge in [0.2, 0.25) is 0 Å². The molecule has 2 aromatic carbocycles. The fourth-order valence-electron chi connectivity index (χ4n) is 4.06. The Bertz CT molecular complexity index is 1170. The van der Waals surface area contributed by atoms with Crippen LogP contribution in [0.4, 0.5) is 10.5 Å². The van der Waals surface area contributed by atoms with Crippen LogP contribution < -0.4 is 10.2 Å². The summed E-state index contributed by atoms with van der Waals surface area (Å²) in [5, 5.41) is 4.30. The van der Waals surface area contributed by atoms with Crippen molar-refractivity contribution in [1.29, 1.82) is 0 Å². The zero-order chi connectivity index (χ0) is 31.9. The Kier molecular flexibility index (Phi) is 12.7. The maximum Gasteiger partial charge on any atom is 0.414 e. The number of ether oxygens (including phenoxy) is 2. The fourth-order valence-corrected chi connectivity index (χ4v) is 5.55. The van der Waals surface area contributed by atoms with Gasteiger partial charge in [-0.3, -0.25) is 9.69 Å². The third-order valence-electron chi connectivity index (χ3n) is 7.53. The molecule has 2 rings (SSSR count). The number of rotatable bonds is 12. The number of hydrogen-bond donors (Lipinski definition) is 1. The van der Waals surface area contributed by atoms with Gasteiger partial charge in [-0.15, -0.1) is 0 Å². The molecule has 2 aromatic rings. The highest BCUT2D eigenvalue weighted by molar-refractivity contribution is 6.74. The van der Waals surface area contributed by atoms with E-state index in [1.807, 2.05) is 83.1 Å². The number of nitrogens with zero attached hydrogens (tertiary/aromatic N) is 1. The molecule has 7 nitrogen and oxygen atoms in total. The monoisotopic (exact) mass is 618 g/mol. The van der Waals surface area contributed by atoms with Crippen molar-refractivity contribution in [2.75, 3.05) is 24.6 Å². The van der Waals surface area contributed by atoms with Crippen LogP contribution in [0, 0.1) is 0 Å². The molecule has 0 radical (unpaired) electrons. The molecule has 9 heteroatoms. The number of hydrogen-bond acceptors (Lipinski definition) is 6. The summed E-state index contributed by atoms with van der Waals surface area (Å²) in [5.41, 5.74) is 1.86. The van der Waals surface area contributed by atoms with Crippen LogP contribution in [-0.2, 0) is 18.7 Å². The number of amides is 1. The van der Waals surface area contributed by atoms with E-state index in [-0.39, 0.29) is 23.2 Å². The third-order valence-corrected chi connectivity index (χ3v) is 12.3. The molecular weight excluding hydrogens is 568 g/mol. The van der Waals surface area contributed by atoms with E-state index in [4.69, 9.17) is 25.5 Å². The number of halogens is 1. The van der Waals surface area contributed by atoms with E-state index in [1.54, 1.807) is 11.8 Å². The van der Waals surface area contributed by atoms with Crippen LogP contribution in [0.2, 0.25) is 23.2 Å². The van der Waals surface area contributed by atoms with Crippen molar-refractivity contribution in [2.45, 2.75) is 104 Å². The average Bonchev–Trinajstić information content (AvgIpc) is 2.87. The molecule has 1 unspecified atom stereocenters. The van der Waals surface area contributed by atoms with Gasteiger partial charge in [-0.25, -0.2) is 4.79 Å². The minimum Gasteiger partial charge on any atom is -0.466 e. The largest absolute Gasteiger partial charge is 0.466 e. The second kappa shape index (κ2) is 14.9. The Morgan fingerprint density at radius 2 is 1.60 bits per heavy atom. The van der Waals surface area contributed by atoms with Crippen molar-refractivity contribution in [3.05, 3.63) is 64.7 Å². The molecule has 42 heavy (non-hydrogen) atoms. The van der Waals surface area contributed by atoms with Crippen LogP contribution in [0.25, 0.3) is 0 Å². The molecular formula is C33H51ClN2O5Si. The first-order valence-electron chi connectivity index (χ1n) is 14.8. The molecule has 0 aliphatic carbocycles. The number of esters is 1. The molecule has 1 amide bonds.